The summed E-state index contributed by atoms with van der Waals surface area (Å²) >= 11 is 1.66. The van der Waals surface area contributed by atoms with E-state index in [1.165, 1.54) is 18.1 Å². The lowest BCUT2D eigenvalue weighted by Gasteiger charge is -2.24. The quantitative estimate of drug-likeness (QED) is 0.539. The van der Waals surface area contributed by atoms with E-state index >= 15 is 0 Å². The van der Waals surface area contributed by atoms with Gasteiger partial charge in [0.05, 0.1) is 26.5 Å². The molecule has 2 heterocycles. The Balaban J connectivity index is 1.63. The van der Waals surface area contributed by atoms with Gasteiger partial charge in [0, 0.05) is 25.0 Å². The van der Waals surface area contributed by atoms with Gasteiger partial charge in [-0.25, -0.2) is 4.39 Å². The molecular weight excluding hydrogens is 379 g/mol. The average Bonchev–Trinajstić information content (AvgIpc) is 3.36. The summed E-state index contributed by atoms with van der Waals surface area (Å²) in [4.78, 5) is 17.6. The number of thiophene rings is 1. The van der Waals surface area contributed by atoms with E-state index in [0.717, 1.165) is 5.76 Å². The number of furan rings is 1. The van der Waals surface area contributed by atoms with Crippen LogP contribution in [-0.4, -0.2) is 36.4 Å². The first-order valence-electron chi connectivity index (χ1n) is 8.88. The third kappa shape index (κ3) is 5.43. The molecule has 0 spiro atoms. The van der Waals surface area contributed by atoms with Crippen LogP contribution in [-0.2, 0) is 24.4 Å². The Kier molecular flexibility index (Phi) is 6.84. The van der Waals surface area contributed by atoms with E-state index in [9.17, 15) is 9.18 Å². The number of methoxy groups -OCH3 is 1. The lowest BCUT2D eigenvalue weighted by molar-refractivity contribution is -0.132. The minimum atomic E-state index is -0.432. The molecule has 0 aliphatic rings. The normalized spacial score (nSPS) is 11.0. The first-order valence-corrected chi connectivity index (χ1v) is 9.76. The van der Waals surface area contributed by atoms with Gasteiger partial charge in [-0.2, -0.15) is 0 Å². The molecule has 7 heteroatoms. The summed E-state index contributed by atoms with van der Waals surface area (Å²) in [5, 5.41) is 2.02. The van der Waals surface area contributed by atoms with Gasteiger partial charge in [0.25, 0.3) is 0 Å². The van der Waals surface area contributed by atoms with Crippen molar-refractivity contribution in [1.29, 1.82) is 0 Å². The molecule has 0 unspecified atom stereocenters. The first-order chi connectivity index (χ1) is 13.5. The number of nitrogens with zero attached hydrogens (tertiary/aromatic N) is 2. The molecule has 0 aliphatic heterocycles. The van der Waals surface area contributed by atoms with Gasteiger partial charge in [0.15, 0.2) is 11.6 Å². The van der Waals surface area contributed by atoms with Gasteiger partial charge in [-0.1, -0.05) is 12.1 Å². The molecule has 3 aromatic rings. The molecule has 28 heavy (non-hydrogen) atoms. The zero-order chi connectivity index (χ0) is 19.9. The largest absolute Gasteiger partial charge is 0.494 e. The van der Waals surface area contributed by atoms with Crippen LogP contribution >= 0.6 is 11.3 Å². The lowest BCUT2D eigenvalue weighted by Crippen LogP contribution is -2.37. The molecule has 0 saturated heterocycles. The Hall–Kier alpha value is -2.64. The van der Waals surface area contributed by atoms with E-state index in [0.29, 0.717) is 25.2 Å². The summed E-state index contributed by atoms with van der Waals surface area (Å²) in [5.74, 6) is 0.528. The highest BCUT2D eigenvalue weighted by atomic mass is 32.1. The molecule has 3 rings (SSSR count). The summed E-state index contributed by atoms with van der Waals surface area (Å²) < 4.78 is 24.3. The number of carbonyl (C=O) groups is 1. The Labute approximate surface area is 167 Å². The number of likely N-dealkylation sites (N-methyl/N-ethyl adjacent to an activating group) is 1. The second-order valence-electron chi connectivity index (χ2n) is 6.52. The SMILES string of the molecule is COc1ccc(CN(C)C(=O)CN(Cc2ccco2)Cc2cccs2)cc1F. The fraction of sp³-hybridized carbons (Fsp3) is 0.286. The minimum absolute atomic E-state index is 0.0423. The van der Waals surface area contributed by atoms with Gasteiger partial charge < -0.3 is 14.1 Å². The molecule has 2 aromatic heterocycles. The summed E-state index contributed by atoms with van der Waals surface area (Å²) in [7, 11) is 3.15. The third-order valence-corrected chi connectivity index (χ3v) is 5.20. The predicted octanol–water partition coefficient (Wildman–Crippen LogP) is 4.15. The molecule has 0 fully saturated rings. The van der Waals surface area contributed by atoms with Crippen LogP contribution in [0.15, 0.2) is 58.5 Å². The Bertz CT molecular complexity index is 845. The van der Waals surface area contributed by atoms with Crippen LogP contribution in [0.25, 0.3) is 0 Å². The number of halogens is 1. The summed E-state index contributed by atoms with van der Waals surface area (Å²) in [6, 6.07) is 12.5. The molecule has 0 atom stereocenters. The van der Waals surface area contributed by atoms with E-state index in [-0.39, 0.29) is 18.2 Å². The summed E-state index contributed by atoms with van der Waals surface area (Å²) in [6.45, 7) is 1.78. The number of ether oxygens (including phenoxy) is 1. The van der Waals surface area contributed by atoms with Crippen molar-refractivity contribution in [2.75, 3.05) is 20.7 Å². The van der Waals surface area contributed by atoms with Crippen molar-refractivity contribution in [1.82, 2.24) is 9.80 Å². The topological polar surface area (TPSA) is 45.9 Å². The molecule has 1 amide bonds. The fourth-order valence-corrected chi connectivity index (χ4v) is 3.64. The maximum absolute atomic E-state index is 13.9. The van der Waals surface area contributed by atoms with Crippen LogP contribution in [0.2, 0.25) is 0 Å². The minimum Gasteiger partial charge on any atom is -0.494 e. The van der Waals surface area contributed by atoms with Crippen molar-refractivity contribution >= 4 is 17.2 Å². The average molecular weight is 402 g/mol. The van der Waals surface area contributed by atoms with Gasteiger partial charge in [-0.15, -0.1) is 11.3 Å². The van der Waals surface area contributed by atoms with Crippen molar-refractivity contribution in [2.45, 2.75) is 19.6 Å². The van der Waals surface area contributed by atoms with Crippen LogP contribution in [0.5, 0.6) is 5.75 Å². The van der Waals surface area contributed by atoms with E-state index in [2.05, 4.69) is 0 Å². The van der Waals surface area contributed by atoms with Gasteiger partial charge in [0.2, 0.25) is 5.91 Å². The van der Waals surface area contributed by atoms with E-state index < -0.39 is 5.82 Å². The van der Waals surface area contributed by atoms with Gasteiger partial charge in [0.1, 0.15) is 5.76 Å². The van der Waals surface area contributed by atoms with Crippen LogP contribution < -0.4 is 4.74 Å². The first kappa shape index (κ1) is 20.1. The molecule has 1 aromatic carbocycles. The Morgan fingerprint density at radius 3 is 2.68 bits per heavy atom. The van der Waals surface area contributed by atoms with Gasteiger partial charge in [-0.3, -0.25) is 9.69 Å². The molecule has 148 valence electrons. The highest BCUT2D eigenvalue weighted by Crippen LogP contribution is 2.19. The molecule has 5 nitrogen and oxygen atoms in total. The third-order valence-electron chi connectivity index (χ3n) is 4.34. The second kappa shape index (κ2) is 9.52. The summed E-state index contributed by atoms with van der Waals surface area (Å²) in [5.41, 5.74) is 0.713. The number of carbonyl (C=O) groups excluding carboxylic acids is 1. The maximum Gasteiger partial charge on any atom is 0.236 e. The van der Waals surface area contributed by atoms with Crippen molar-refractivity contribution in [3.05, 3.63) is 76.1 Å². The summed E-state index contributed by atoms with van der Waals surface area (Å²) in [6.07, 6.45) is 1.63. The number of amides is 1. The zero-order valence-electron chi connectivity index (χ0n) is 15.9. The van der Waals surface area contributed by atoms with Crippen molar-refractivity contribution in [3.8, 4) is 5.75 Å². The van der Waals surface area contributed by atoms with Crippen LogP contribution in [0.4, 0.5) is 4.39 Å². The van der Waals surface area contributed by atoms with Crippen LogP contribution in [0.3, 0.4) is 0 Å². The smallest absolute Gasteiger partial charge is 0.236 e. The Morgan fingerprint density at radius 1 is 1.18 bits per heavy atom. The Morgan fingerprint density at radius 2 is 2.04 bits per heavy atom. The molecule has 0 N–H and O–H groups in total. The van der Waals surface area contributed by atoms with Gasteiger partial charge >= 0.3 is 0 Å². The van der Waals surface area contributed by atoms with Crippen LogP contribution in [0, 0.1) is 5.82 Å². The standard InChI is InChI=1S/C21H23FN2O3S/c1-23(12-16-7-8-20(26-2)19(22)11-16)21(25)15-24(13-17-5-3-9-27-17)14-18-6-4-10-28-18/h3-11H,12-15H2,1-2H3. The lowest BCUT2D eigenvalue weighted by atomic mass is 10.2. The number of hydrogen-bond acceptors (Lipinski definition) is 5. The molecular formula is C21H23FN2O3S. The van der Waals surface area contributed by atoms with Crippen molar-refractivity contribution < 1.29 is 18.3 Å². The number of hydrogen-bond donors (Lipinski definition) is 0. The monoisotopic (exact) mass is 402 g/mol. The number of rotatable bonds is 9. The molecule has 0 aliphatic carbocycles. The van der Waals surface area contributed by atoms with E-state index in [4.69, 9.17) is 9.15 Å². The second-order valence-corrected chi connectivity index (χ2v) is 7.55. The highest BCUT2D eigenvalue weighted by molar-refractivity contribution is 7.09. The fourth-order valence-electron chi connectivity index (χ4n) is 2.90. The zero-order valence-corrected chi connectivity index (χ0v) is 16.7. The van der Waals surface area contributed by atoms with Crippen molar-refractivity contribution in [2.24, 2.45) is 0 Å². The maximum atomic E-state index is 13.9. The van der Waals surface area contributed by atoms with Gasteiger partial charge in [-0.05, 0) is 41.3 Å². The molecule has 0 bridgehead atoms. The van der Waals surface area contributed by atoms with E-state index in [1.54, 1.807) is 41.7 Å². The number of benzene rings is 1. The van der Waals surface area contributed by atoms with E-state index in [1.807, 2.05) is 34.5 Å². The van der Waals surface area contributed by atoms with Crippen molar-refractivity contribution in [3.63, 3.8) is 0 Å². The molecule has 0 radical (unpaired) electrons. The highest BCUT2D eigenvalue weighted by Gasteiger charge is 2.17. The van der Waals surface area contributed by atoms with Crippen LogP contribution in [0.1, 0.15) is 16.2 Å². The molecule has 0 saturated carbocycles. The predicted molar refractivity (Wildman–Crippen MR) is 107 cm³/mol.